The summed E-state index contributed by atoms with van der Waals surface area (Å²) in [6.45, 7) is 3.34. The molecule has 1 amide bonds. The van der Waals surface area contributed by atoms with Crippen LogP contribution >= 0.6 is 0 Å². The van der Waals surface area contributed by atoms with E-state index >= 15 is 0 Å². The van der Waals surface area contributed by atoms with E-state index in [0.717, 1.165) is 5.69 Å². The summed E-state index contributed by atoms with van der Waals surface area (Å²) < 4.78 is 5.23. The number of para-hydroxylation sites is 1. The van der Waals surface area contributed by atoms with Crippen LogP contribution in [0.1, 0.15) is 19.8 Å². The highest BCUT2D eigenvalue weighted by molar-refractivity contribution is 5.94. The first-order chi connectivity index (χ1) is 9.59. The van der Waals surface area contributed by atoms with Crippen molar-refractivity contribution in [2.75, 3.05) is 25.1 Å². The molecule has 1 unspecified atom stereocenters. The zero-order chi connectivity index (χ0) is 14.4. The van der Waals surface area contributed by atoms with Gasteiger partial charge < -0.3 is 20.5 Å². The second kappa shape index (κ2) is 6.83. The van der Waals surface area contributed by atoms with Gasteiger partial charge in [0.1, 0.15) is 0 Å². The van der Waals surface area contributed by atoms with Gasteiger partial charge in [-0.25, -0.2) is 0 Å². The second-order valence-electron chi connectivity index (χ2n) is 5.29. The fraction of sp³-hybridized carbons (Fsp3) is 0.533. The number of ether oxygens (including phenoxy) is 1. The molecule has 3 N–H and O–H groups in total. The monoisotopic (exact) mass is 278 g/mol. The van der Waals surface area contributed by atoms with Crippen LogP contribution in [0.3, 0.4) is 0 Å². The predicted molar refractivity (Wildman–Crippen MR) is 77.5 cm³/mol. The zero-order valence-corrected chi connectivity index (χ0v) is 11.8. The lowest BCUT2D eigenvalue weighted by Crippen LogP contribution is -2.49. The number of anilines is 1. The molecule has 1 atom stereocenters. The number of carbonyl (C=O) groups excluding carboxylic acids is 1. The van der Waals surface area contributed by atoms with E-state index in [-0.39, 0.29) is 11.9 Å². The van der Waals surface area contributed by atoms with E-state index in [9.17, 15) is 9.90 Å². The Hall–Kier alpha value is -1.43. The quantitative estimate of drug-likeness (QED) is 0.755. The second-order valence-corrected chi connectivity index (χ2v) is 5.29. The highest BCUT2D eigenvalue weighted by Gasteiger charge is 2.30. The Balaban J connectivity index is 1.79. The molecule has 1 aromatic carbocycles. The van der Waals surface area contributed by atoms with Crippen molar-refractivity contribution in [3.63, 3.8) is 0 Å². The Morgan fingerprint density at radius 2 is 2.00 bits per heavy atom. The number of hydrogen-bond donors (Lipinski definition) is 3. The van der Waals surface area contributed by atoms with Gasteiger partial charge in [0.25, 0.3) is 0 Å². The maximum atomic E-state index is 12.0. The average Bonchev–Trinajstić information content (AvgIpc) is 2.46. The smallest absolute Gasteiger partial charge is 0.241 e. The Kier molecular flexibility index (Phi) is 5.11. The van der Waals surface area contributed by atoms with Crippen molar-refractivity contribution >= 4 is 11.6 Å². The number of nitrogens with one attached hydrogen (secondary N) is 2. The molecule has 0 saturated carbocycles. The van der Waals surface area contributed by atoms with Gasteiger partial charge >= 0.3 is 0 Å². The third kappa shape index (κ3) is 4.30. The third-order valence-corrected chi connectivity index (χ3v) is 3.60. The number of rotatable bonds is 5. The fourth-order valence-electron chi connectivity index (χ4n) is 2.14. The molecule has 20 heavy (non-hydrogen) atoms. The SMILES string of the molecule is CC(NCC1(O)CCOCC1)C(=O)Nc1ccccc1. The topological polar surface area (TPSA) is 70.6 Å². The highest BCUT2D eigenvalue weighted by atomic mass is 16.5. The lowest BCUT2D eigenvalue weighted by atomic mass is 9.94. The Labute approximate surface area is 119 Å². The van der Waals surface area contributed by atoms with Gasteiger partial charge in [-0.1, -0.05) is 18.2 Å². The van der Waals surface area contributed by atoms with Crippen molar-refractivity contribution in [1.82, 2.24) is 5.32 Å². The van der Waals surface area contributed by atoms with Gasteiger partial charge in [-0.15, -0.1) is 0 Å². The van der Waals surface area contributed by atoms with Crippen LogP contribution in [0.25, 0.3) is 0 Å². The molecular formula is C15H22N2O3. The zero-order valence-electron chi connectivity index (χ0n) is 11.8. The summed E-state index contributed by atoms with van der Waals surface area (Å²) in [5.41, 5.74) is 0.00966. The summed E-state index contributed by atoms with van der Waals surface area (Å²) in [7, 11) is 0. The molecule has 0 radical (unpaired) electrons. The third-order valence-electron chi connectivity index (χ3n) is 3.60. The van der Waals surface area contributed by atoms with Crippen LogP contribution < -0.4 is 10.6 Å². The van der Waals surface area contributed by atoms with Crippen LogP contribution in [0.2, 0.25) is 0 Å². The van der Waals surface area contributed by atoms with Crippen LogP contribution in [0.5, 0.6) is 0 Å². The summed E-state index contributed by atoms with van der Waals surface area (Å²) in [5, 5.41) is 16.2. The predicted octanol–water partition coefficient (Wildman–Crippen LogP) is 1.14. The minimum Gasteiger partial charge on any atom is -0.388 e. The summed E-state index contributed by atoms with van der Waals surface area (Å²) in [6.07, 6.45) is 1.21. The lowest BCUT2D eigenvalue weighted by molar-refractivity contribution is -0.118. The number of amides is 1. The van der Waals surface area contributed by atoms with Gasteiger partial charge in [0.2, 0.25) is 5.91 Å². The summed E-state index contributed by atoms with van der Waals surface area (Å²) in [4.78, 5) is 12.0. The van der Waals surface area contributed by atoms with Crippen LogP contribution in [-0.4, -0.2) is 42.4 Å². The van der Waals surface area contributed by atoms with Crippen LogP contribution in [0, 0.1) is 0 Å². The van der Waals surface area contributed by atoms with E-state index in [1.54, 1.807) is 6.92 Å². The molecule has 1 aromatic rings. The highest BCUT2D eigenvalue weighted by Crippen LogP contribution is 2.19. The molecule has 0 spiro atoms. The molecule has 0 aromatic heterocycles. The van der Waals surface area contributed by atoms with E-state index in [1.165, 1.54) is 0 Å². The summed E-state index contributed by atoms with van der Waals surface area (Å²) in [6, 6.07) is 8.98. The first kappa shape index (κ1) is 15.0. The van der Waals surface area contributed by atoms with Crippen molar-refractivity contribution in [3.8, 4) is 0 Å². The number of benzene rings is 1. The number of carbonyl (C=O) groups is 1. The summed E-state index contributed by atoms with van der Waals surface area (Å²) >= 11 is 0. The molecule has 0 aliphatic carbocycles. The first-order valence-electron chi connectivity index (χ1n) is 6.98. The molecule has 5 heteroatoms. The molecule has 0 bridgehead atoms. The van der Waals surface area contributed by atoms with Gasteiger partial charge in [0.15, 0.2) is 0 Å². The molecule has 1 heterocycles. The van der Waals surface area contributed by atoms with Gasteiger partial charge in [-0.05, 0) is 19.1 Å². The molecule has 5 nitrogen and oxygen atoms in total. The van der Waals surface area contributed by atoms with Gasteiger partial charge in [0.05, 0.1) is 11.6 Å². The van der Waals surface area contributed by atoms with E-state index in [0.29, 0.717) is 32.6 Å². The molecule has 1 fully saturated rings. The van der Waals surface area contributed by atoms with E-state index in [2.05, 4.69) is 10.6 Å². The summed E-state index contributed by atoms with van der Waals surface area (Å²) in [5.74, 6) is -0.105. The van der Waals surface area contributed by atoms with Crippen LogP contribution in [0.4, 0.5) is 5.69 Å². The Bertz CT molecular complexity index is 430. The minimum atomic E-state index is -0.764. The maximum absolute atomic E-state index is 12.0. The largest absolute Gasteiger partial charge is 0.388 e. The standard InChI is InChI=1S/C15H22N2O3/c1-12(14(18)17-13-5-3-2-4-6-13)16-11-15(19)7-9-20-10-8-15/h2-6,12,16,19H,7-11H2,1H3,(H,17,18). The fourth-order valence-corrected chi connectivity index (χ4v) is 2.14. The first-order valence-corrected chi connectivity index (χ1v) is 6.98. The molecule has 110 valence electrons. The normalized spacial score (nSPS) is 19.3. The molecule has 1 aliphatic heterocycles. The minimum absolute atomic E-state index is 0.105. The van der Waals surface area contributed by atoms with Gasteiger partial charge in [-0.3, -0.25) is 4.79 Å². The van der Waals surface area contributed by atoms with Gasteiger partial charge in [-0.2, -0.15) is 0 Å². The Morgan fingerprint density at radius 3 is 2.65 bits per heavy atom. The van der Waals surface area contributed by atoms with Crippen molar-refractivity contribution in [3.05, 3.63) is 30.3 Å². The molecule has 2 rings (SSSR count). The molecule has 1 aliphatic rings. The number of aliphatic hydroxyl groups is 1. The van der Waals surface area contributed by atoms with Crippen molar-refractivity contribution in [2.24, 2.45) is 0 Å². The van der Waals surface area contributed by atoms with E-state index < -0.39 is 5.60 Å². The van der Waals surface area contributed by atoms with Crippen LogP contribution in [0.15, 0.2) is 30.3 Å². The van der Waals surface area contributed by atoms with Gasteiger partial charge in [0, 0.05) is 38.3 Å². The molecular weight excluding hydrogens is 256 g/mol. The van der Waals surface area contributed by atoms with Crippen molar-refractivity contribution in [2.45, 2.75) is 31.4 Å². The Morgan fingerprint density at radius 1 is 1.35 bits per heavy atom. The maximum Gasteiger partial charge on any atom is 0.241 e. The molecule has 1 saturated heterocycles. The van der Waals surface area contributed by atoms with Crippen LogP contribution in [-0.2, 0) is 9.53 Å². The lowest BCUT2D eigenvalue weighted by Gasteiger charge is -2.33. The van der Waals surface area contributed by atoms with Crippen molar-refractivity contribution < 1.29 is 14.6 Å². The average molecular weight is 278 g/mol. The van der Waals surface area contributed by atoms with Crippen molar-refractivity contribution in [1.29, 1.82) is 0 Å². The van der Waals surface area contributed by atoms with E-state index in [4.69, 9.17) is 4.74 Å². The van der Waals surface area contributed by atoms with E-state index in [1.807, 2.05) is 30.3 Å². The number of hydrogen-bond acceptors (Lipinski definition) is 4.